The molecule has 8 heteroatoms. The van der Waals surface area contributed by atoms with Crippen LogP contribution in [-0.2, 0) is 16.0 Å². The summed E-state index contributed by atoms with van der Waals surface area (Å²) in [5, 5.41) is 0. The Balaban J connectivity index is 2.52. The molecule has 0 aliphatic carbocycles. The standard InChI is InChI=1S/C13H11F3N2O2S/c1-21(19,20)9-4-2-8(3-5-9)12-10(17)6-7-11(18-12)13(14,15)16/h2-7H,17H2,1H3. The van der Waals surface area contributed by atoms with E-state index in [1.165, 1.54) is 24.3 Å². The fourth-order valence-electron chi connectivity index (χ4n) is 1.72. The van der Waals surface area contributed by atoms with Crippen molar-refractivity contribution in [2.45, 2.75) is 11.1 Å². The molecule has 1 heterocycles. The molecule has 1 aromatic heterocycles. The third kappa shape index (κ3) is 3.33. The van der Waals surface area contributed by atoms with E-state index in [9.17, 15) is 21.6 Å². The molecule has 0 aliphatic rings. The molecule has 2 rings (SSSR count). The van der Waals surface area contributed by atoms with Gasteiger partial charge >= 0.3 is 6.18 Å². The first kappa shape index (κ1) is 15.3. The Labute approximate surface area is 119 Å². The van der Waals surface area contributed by atoms with Gasteiger partial charge in [-0.25, -0.2) is 13.4 Å². The highest BCUT2D eigenvalue weighted by atomic mass is 32.2. The highest BCUT2D eigenvalue weighted by Crippen LogP contribution is 2.32. The molecule has 2 N–H and O–H groups in total. The molecule has 0 radical (unpaired) electrons. The van der Waals surface area contributed by atoms with Gasteiger partial charge in [0, 0.05) is 11.8 Å². The van der Waals surface area contributed by atoms with Gasteiger partial charge in [-0.1, -0.05) is 12.1 Å². The number of anilines is 1. The molecule has 4 nitrogen and oxygen atoms in total. The Morgan fingerprint density at radius 1 is 1.05 bits per heavy atom. The predicted octanol–water partition coefficient (Wildman–Crippen LogP) is 2.75. The van der Waals surface area contributed by atoms with Crippen LogP contribution in [0.15, 0.2) is 41.3 Å². The summed E-state index contributed by atoms with van der Waals surface area (Å²) in [6.07, 6.45) is -3.53. The van der Waals surface area contributed by atoms with E-state index >= 15 is 0 Å². The zero-order chi connectivity index (χ0) is 15.8. The normalized spacial score (nSPS) is 12.4. The maximum atomic E-state index is 12.7. The molecular weight excluding hydrogens is 305 g/mol. The lowest BCUT2D eigenvalue weighted by Crippen LogP contribution is -2.09. The average Bonchev–Trinajstić information content (AvgIpc) is 2.37. The largest absolute Gasteiger partial charge is 0.433 e. The average molecular weight is 316 g/mol. The third-order valence-corrected chi connectivity index (χ3v) is 3.90. The number of nitrogens with two attached hydrogens (primary N) is 1. The van der Waals surface area contributed by atoms with Crippen molar-refractivity contribution < 1.29 is 21.6 Å². The summed E-state index contributed by atoms with van der Waals surface area (Å²) in [5.41, 5.74) is 4.94. The Morgan fingerprint density at radius 3 is 2.10 bits per heavy atom. The summed E-state index contributed by atoms with van der Waals surface area (Å²) >= 11 is 0. The van der Waals surface area contributed by atoms with Crippen molar-refractivity contribution in [3.05, 3.63) is 42.1 Å². The van der Waals surface area contributed by atoms with Gasteiger partial charge in [-0.3, -0.25) is 0 Å². The van der Waals surface area contributed by atoms with E-state index in [1.54, 1.807) is 0 Å². The highest BCUT2D eigenvalue weighted by Gasteiger charge is 2.33. The van der Waals surface area contributed by atoms with Gasteiger partial charge in [-0.05, 0) is 24.3 Å². The van der Waals surface area contributed by atoms with Crippen LogP contribution in [0.5, 0.6) is 0 Å². The van der Waals surface area contributed by atoms with Crippen molar-refractivity contribution in [1.82, 2.24) is 4.98 Å². The van der Waals surface area contributed by atoms with E-state index in [0.29, 0.717) is 5.56 Å². The molecule has 0 spiro atoms. The number of pyridine rings is 1. The lowest BCUT2D eigenvalue weighted by molar-refractivity contribution is -0.141. The first-order chi connectivity index (χ1) is 9.59. The Bertz CT molecular complexity index is 769. The van der Waals surface area contributed by atoms with Crippen molar-refractivity contribution in [3.8, 4) is 11.3 Å². The summed E-state index contributed by atoms with van der Waals surface area (Å²) in [6.45, 7) is 0. The van der Waals surface area contributed by atoms with Crippen molar-refractivity contribution in [2.24, 2.45) is 0 Å². The molecular formula is C13H11F3N2O2S. The van der Waals surface area contributed by atoms with Gasteiger partial charge in [-0.2, -0.15) is 13.2 Å². The molecule has 21 heavy (non-hydrogen) atoms. The second kappa shape index (κ2) is 5.03. The number of nitrogen functional groups attached to an aromatic ring is 1. The zero-order valence-electron chi connectivity index (χ0n) is 10.8. The number of sulfone groups is 1. The Morgan fingerprint density at radius 2 is 1.62 bits per heavy atom. The lowest BCUT2D eigenvalue weighted by Gasteiger charge is -2.10. The molecule has 0 bridgehead atoms. The number of alkyl halides is 3. The molecule has 2 aromatic rings. The lowest BCUT2D eigenvalue weighted by atomic mass is 10.1. The van der Waals surface area contributed by atoms with Crippen LogP contribution in [0.25, 0.3) is 11.3 Å². The highest BCUT2D eigenvalue weighted by molar-refractivity contribution is 7.90. The van der Waals surface area contributed by atoms with Crippen LogP contribution < -0.4 is 5.73 Å². The van der Waals surface area contributed by atoms with E-state index in [0.717, 1.165) is 18.4 Å². The first-order valence-electron chi connectivity index (χ1n) is 5.73. The van der Waals surface area contributed by atoms with Gasteiger partial charge < -0.3 is 5.73 Å². The molecule has 0 amide bonds. The quantitative estimate of drug-likeness (QED) is 0.924. The minimum Gasteiger partial charge on any atom is -0.397 e. The van der Waals surface area contributed by atoms with Crippen LogP contribution in [0, 0.1) is 0 Å². The van der Waals surface area contributed by atoms with Gasteiger partial charge in [-0.15, -0.1) is 0 Å². The van der Waals surface area contributed by atoms with Crippen molar-refractivity contribution in [3.63, 3.8) is 0 Å². The molecule has 1 aromatic carbocycles. The van der Waals surface area contributed by atoms with Gasteiger partial charge in [0.15, 0.2) is 9.84 Å². The van der Waals surface area contributed by atoms with Gasteiger partial charge in [0.1, 0.15) is 5.69 Å². The van der Waals surface area contributed by atoms with Crippen LogP contribution in [-0.4, -0.2) is 19.7 Å². The number of hydrogen-bond acceptors (Lipinski definition) is 4. The third-order valence-electron chi connectivity index (χ3n) is 2.77. The molecule has 112 valence electrons. The van der Waals surface area contributed by atoms with E-state index in [2.05, 4.69) is 4.98 Å². The van der Waals surface area contributed by atoms with Gasteiger partial charge in [0.2, 0.25) is 0 Å². The van der Waals surface area contributed by atoms with Crippen molar-refractivity contribution in [1.29, 1.82) is 0 Å². The maximum absolute atomic E-state index is 12.7. The summed E-state index contributed by atoms with van der Waals surface area (Å²) in [5.74, 6) is 0. The number of rotatable bonds is 2. The predicted molar refractivity (Wildman–Crippen MR) is 72.2 cm³/mol. The minimum absolute atomic E-state index is 0.0372. The molecule has 0 aliphatic heterocycles. The van der Waals surface area contributed by atoms with E-state index in [1.807, 2.05) is 0 Å². The van der Waals surface area contributed by atoms with Crippen molar-refractivity contribution in [2.75, 3.05) is 12.0 Å². The summed E-state index contributed by atoms with van der Waals surface area (Å²) < 4.78 is 60.6. The van der Waals surface area contributed by atoms with Crippen LogP contribution in [0.1, 0.15) is 5.69 Å². The number of benzene rings is 1. The summed E-state index contributed by atoms with van der Waals surface area (Å²) in [4.78, 5) is 3.57. The number of nitrogens with zero attached hydrogens (tertiary/aromatic N) is 1. The molecule has 0 fully saturated rings. The number of aromatic nitrogens is 1. The van der Waals surface area contributed by atoms with Gasteiger partial charge in [0.25, 0.3) is 0 Å². The second-order valence-electron chi connectivity index (χ2n) is 4.43. The first-order valence-corrected chi connectivity index (χ1v) is 7.62. The van der Waals surface area contributed by atoms with Crippen molar-refractivity contribution >= 4 is 15.5 Å². The van der Waals surface area contributed by atoms with Gasteiger partial charge in [0.05, 0.1) is 16.3 Å². The zero-order valence-corrected chi connectivity index (χ0v) is 11.7. The van der Waals surface area contributed by atoms with Crippen LogP contribution in [0.4, 0.5) is 18.9 Å². The van der Waals surface area contributed by atoms with E-state index < -0.39 is 21.7 Å². The number of halogens is 3. The smallest absolute Gasteiger partial charge is 0.397 e. The fraction of sp³-hybridized carbons (Fsp3) is 0.154. The molecule has 0 saturated heterocycles. The Hall–Kier alpha value is -2.09. The maximum Gasteiger partial charge on any atom is 0.433 e. The van der Waals surface area contributed by atoms with Crippen LogP contribution >= 0.6 is 0 Å². The Kier molecular flexibility index (Phi) is 3.66. The van der Waals surface area contributed by atoms with Crippen LogP contribution in [0.2, 0.25) is 0 Å². The molecule has 0 saturated carbocycles. The monoisotopic (exact) mass is 316 g/mol. The fourth-order valence-corrected chi connectivity index (χ4v) is 2.35. The summed E-state index contributed by atoms with van der Waals surface area (Å²) in [7, 11) is -3.37. The molecule has 0 atom stereocenters. The SMILES string of the molecule is CS(=O)(=O)c1ccc(-c2nc(C(F)(F)F)ccc2N)cc1. The van der Waals surface area contributed by atoms with Crippen LogP contribution in [0.3, 0.4) is 0 Å². The second-order valence-corrected chi connectivity index (χ2v) is 6.44. The van der Waals surface area contributed by atoms with E-state index in [4.69, 9.17) is 5.73 Å². The minimum atomic E-state index is -4.57. The topological polar surface area (TPSA) is 73.0 Å². The summed E-state index contributed by atoms with van der Waals surface area (Å²) in [6, 6.07) is 7.25. The number of hydrogen-bond donors (Lipinski definition) is 1. The van der Waals surface area contributed by atoms with E-state index in [-0.39, 0.29) is 16.3 Å². The molecule has 0 unspecified atom stereocenters.